The number of hydrogen-bond donors (Lipinski definition) is 1. The lowest BCUT2D eigenvalue weighted by Crippen LogP contribution is -2.39. The average Bonchev–Trinajstić information content (AvgIpc) is 3.57. The topological polar surface area (TPSA) is 97.5 Å². The number of thiazole rings is 1. The second-order valence-electron chi connectivity index (χ2n) is 9.39. The maximum Gasteiger partial charge on any atom is 0.258 e. The number of rotatable bonds is 7. The minimum atomic E-state index is -0.639. The van der Waals surface area contributed by atoms with Crippen LogP contribution >= 0.6 is 11.3 Å². The Bertz CT molecular complexity index is 1390. The van der Waals surface area contributed by atoms with Crippen LogP contribution in [0.5, 0.6) is 0 Å². The quantitative estimate of drug-likeness (QED) is 0.510. The van der Waals surface area contributed by atoms with Crippen LogP contribution in [0.2, 0.25) is 0 Å². The summed E-state index contributed by atoms with van der Waals surface area (Å²) in [4.78, 5) is 37.8. The highest BCUT2D eigenvalue weighted by Gasteiger charge is 2.29. The number of morpholine rings is 1. The van der Waals surface area contributed by atoms with Gasteiger partial charge in [-0.05, 0) is 44.5 Å². The number of hydrogen-bond acceptors (Lipinski definition) is 7. The van der Waals surface area contributed by atoms with E-state index >= 15 is 0 Å². The van der Waals surface area contributed by atoms with Crippen LogP contribution in [0, 0.1) is 12.8 Å². The standard InChI is InChI=1S/C27H31N5O4S/c1-16-9-23(35-4)22(27(34)30-16)12-29-26(33)21-11-20-10-19(24-13-28-15-37-24)14-32(20)25(17(21)2)18(3)31-5-7-36-8-6-31/h9-11,13-15,18,22H,5-8,12H2,1-4H3,(H,29,33). The molecule has 5 heterocycles. The predicted molar refractivity (Wildman–Crippen MR) is 143 cm³/mol. The summed E-state index contributed by atoms with van der Waals surface area (Å²) in [7, 11) is 1.53. The van der Waals surface area contributed by atoms with Crippen molar-refractivity contribution in [3.63, 3.8) is 0 Å². The number of aliphatic imine (C=N–C) groups is 1. The van der Waals surface area contributed by atoms with Gasteiger partial charge in [0.05, 0.1) is 30.7 Å². The fourth-order valence-corrected chi connectivity index (χ4v) is 5.75. The van der Waals surface area contributed by atoms with E-state index in [2.05, 4.69) is 43.8 Å². The fraction of sp³-hybridized carbons (Fsp3) is 0.407. The minimum Gasteiger partial charge on any atom is -0.500 e. The lowest BCUT2D eigenvalue weighted by atomic mass is 9.99. The second kappa shape index (κ2) is 10.6. The molecule has 2 unspecified atom stereocenters. The largest absolute Gasteiger partial charge is 0.500 e. The molecule has 0 aliphatic carbocycles. The first-order valence-corrected chi connectivity index (χ1v) is 13.2. The van der Waals surface area contributed by atoms with E-state index in [1.54, 1.807) is 24.3 Å². The molecule has 5 rings (SSSR count). The summed E-state index contributed by atoms with van der Waals surface area (Å²) >= 11 is 1.58. The van der Waals surface area contributed by atoms with Gasteiger partial charge in [-0.1, -0.05) is 0 Å². The third-order valence-corrected chi connectivity index (χ3v) is 7.94. The molecule has 0 radical (unpaired) electrons. The number of carbonyl (C=O) groups is 2. The molecule has 1 fully saturated rings. The molecule has 2 atom stereocenters. The van der Waals surface area contributed by atoms with Crippen molar-refractivity contribution in [2.75, 3.05) is 40.0 Å². The molecule has 0 spiro atoms. The number of dihydropyridines is 1. The number of carbonyl (C=O) groups excluding carboxylic acids is 2. The number of ether oxygens (including phenoxy) is 2. The SMILES string of the molecule is COC1=CC(C)=NC(=O)C1CNC(=O)c1cc2cc(-c3cncs3)cn2c(C(C)N2CCOCC2)c1C. The molecule has 1 saturated heterocycles. The van der Waals surface area contributed by atoms with Gasteiger partial charge >= 0.3 is 0 Å². The Labute approximate surface area is 219 Å². The van der Waals surface area contributed by atoms with Gasteiger partial charge in [-0.3, -0.25) is 19.5 Å². The first-order chi connectivity index (χ1) is 17.9. The van der Waals surface area contributed by atoms with E-state index in [9.17, 15) is 9.59 Å². The number of allylic oxidation sites excluding steroid dienone is 1. The van der Waals surface area contributed by atoms with E-state index in [1.165, 1.54) is 7.11 Å². The van der Waals surface area contributed by atoms with Crippen molar-refractivity contribution in [2.45, 2.75) is 26.8 Å². The lowest BCUT2D eigenvalue weighted by Gasteiger charge is -2.34. The van der Waals surface area contributed by atoms with E-state index in [0.29, 0.717) is 30.2 Å². The van der Waals surface area contributed by atoms with Crippen LogP contribution in [0.3, 0.4) is 0 Å². The Balaban J connectivity index is 1.50. The van der Waals surface area contributed by atoms with Gasteiger partial charge in [0.2, 0.25) is 0 Å². The third-order valence-electron chi connectivity index (χ3n) is 7.12. The van der Waals surface area contributed by atoms with Gasteiger partial charge in [-0.2, -0.15) is 0 Å². The molecule has 37 heavy (non-hydrogen) atoms. The van der Waals surface area contributed by atoms with Gasteiger partial charge < -0.3 is 19.2 Å². The van der Waals surface area contributed by atoms with Crippen LogP contribution < -0.4 is 5.32 Å². The van der Waals surface area contributed by atoms with E-state index in [1.807, 2.05) is 24.7 Å². The van der Waals surface area contributed by atoms with Crippen molar-refractivity contribution in [3.8, 4) is 10.4 Å². The van der Waals surface area contributed by atoms with Gasteiger partial charge in [0.1, 0.15) is 11.7 Å². The molecule has 194 valence electrons. The zero-order valence-electron chi connectivity index (χ0n) is 21.5. The van der Waals surface area contributed by atoms with Gasteiger partial charge in [-0.25, -0.2) is 4.99 Å². The number of nitrogens with one attached hydrogen (secondary N) is 1. The molecule has 3 aromatic rings. The van der Waals surface area contributed by atoms with Crippen LogP contribution in [-0.2, 0) is 14.3 Å². The number of nitrogens with zero attached hydrogens (tertiary/aromatic N) is 4. The van der Waals surface area contributed by atoms with Crippen LogP contribution in [0.4, 0.5) is 0 Å². The maximum atomic E-state index is 13.5. The molecule has 2 amide bonds. The molecule has 1 N–H and O–H groups in total. The van der Waals surface area contributed by atoms with Crippen LogP contribution in [0.25, 0.3) is 16.0 Å². The molecule has 2 aliphatic rings. The molecule has 0 aromatic carbocycles. The van der Waals surface area contributed by atoms with Gasteiger partial charge in [0.25, 0.3) is 11.8 Å². The summed E-state index contributed by atoms with van der Waals surface area (Å²) in [6.45, 7) is 9.08. The van der Waals surface area contributed by atoms with E-state index in [-0.39, 0.29) is 24.4 Å². The molecule has 10 heteroatoms. The van der Waals surface area contributed by atoms with Gasteiger partial charge in [-0.15, -0.1) is 11.3 Å². The normalized spacial score (nSPS) is 19.5. The Morgan fingerprint density at radius 3 is 2.78 bits per heavy atom. The van der Waals surface area contributed by atoms with Crippen molar-refractivity contribution in [1.29, 1.82) is 0 Å². The fourth-order valence-electron chi connectivity index (χ4n) is 5.15. The zero-order valence-corrected chi connectivity index (χ0v) is 22.3. The van der Waals surface area contributed by atoms with Crippen LogP contribution in [0.15, 0.2) is 46.9 Å². The summed E-state index contributed by atoms with van der Waals surface area (Å²) in [6.07, 6.45) is 5.72. The second-order valence-corrected chi connectivity index (χ2v) is 10.3. The van der Waals surface area contributed by atoms with Crippen molar-refractivity contribution in [3.05, 3.63) is 58.7 Å². The summed E-state index contributed by atoms with van der Waals surface area (Å²) in [6, 6.07) is 4.08. The molecule has 2 aliphatic heterocycles. The Morgan fingerprint density at radius 2 is 2.08 bits per heavy atom. The number of aromatic nitrogens is 2. The number of amides is 2. The van der Waals surface area contributed by atoms with Gasteiger partial charge in [0, 0.05) is 66.1 Å². The van der Waals surface area contributed by atoms with Crippen molar-refractivity contribution < 1.29 is 19.1 Å². The molecular weight excluding hydrogens is 490 g/mol. The summed E-state index contributed by atoms with van der Waals surface area (Å²) < 4.78 is 13.2. The molecule has 0 saturated carbocycles. The van der Waals surface area contributed by atoms with E-state index in [4.69, 9.17) is 9.47 Å². The Hall–Kier alpha value is -3.34. The summed E-state index contributed by atoms with van der Waals surface area (Å²) in [5.41, 5.74) is 6.96. The predicted octanol–water partition coefficient (Wildman–Crippen LogP) is 3.64. The minimum absolute atomic E-state index is 0.0705. The smallest absolute Gasteiger partial charge is 0.258 e. The number of fused-ring (bicyclic) bond motifs is 1. The summed E-state index contributed by atoms with van der Waals surface area (Å²) in [5.74, 6) is -0.677. The highest BCUT2D eigenvalue weighted by Crippen LogP contribution is 2.33. The Morgan fingerprint density at radius 1 is 1.30 bits per heavy atom. The zero-order chi connectivity index (χ0) is 26.1. The molecule has 9 nitrogen and oxygen atoms in total. The number of methoxy groups -OCH3 is 1. The Kier molecular flexibility index (Phi) is 7.23. The average molecular weight is 522 g/mol. The molecule has 3 aromatic heterocycles. The molecular formula is C27H31N5O4S. The lowest BCUT2D eigenvalue weighted by molar-refractivity contribution is -0.121. The van der Waals surface area contributed by atoms with Gasteiger partial charge in [0.15, 0.2) is 0 Å². The van der Waals surface area contributed by atoms with Crippen LogP contribution in [0.1, 0.15) is 41.5 Å². The first kappa shape index (κ1) is 25.3. The highest BCUT2D eigenvalue weighted by atomic mass is 32.1. The summed E-state index contributed by atoms with van der Waals surface area (Å²) in [5, 5.41) is 2.96. The van der Waals surface area contributed by atoms with Crippen LogP contribution in [-0.4, -0.2) is 71.8 Å². The molecule has 0 bridgehead atoms. The maximum absolute atomic E-state index is 13.5. The van der Waals surface area contributed by atoms with Crippen molar-refractivity contribution in [1.82, 2.24) is 19.6 Å². The highest BCUT2D eigenvalue weighted by molar-refractivity contribution is 7.13. The van der Waals surface area contributed by atoms with E-state index < -0.39 is 5.92 Å². The van der Waals surface area contributed by atoms with Crippen molar-refractivity contribution >= 4 is 34.4 Å². The third kappa shape index (κ3) is 4.96. The van der Waals surface area contributed by atoms with Crippen molar-refractivity contribution in [2.24, 2.45) is 10.9 Å². The van der Waals surface area contributed by atoms with E-state index in [0.717, 1.165) is 40.3 Å². The number of pyridine rings is 1. The monoisotopic (exact) mass is 521 g/mol. The first-order valence-electron chi connectivity index (χ1n) is 12.4.